The van der Waals surface area contributed by atoms with E-state index in [-0.39, 0.29) is 11.3 Å². The molecule has 5 nitrogen and oxygen atoms in total. The minimum atomic E-state index is -0.878. The molecular formula is C18H18F2N2O3. The van der Waals surface area contributed by atoms with E-state index in [2.05, 4.69) is 10.6 Å². The maximum atomic E-state index is 13.6. The summed E-state index contributed by atoms with van der Waals surface area (Å²) in [4.78, 5) is 24.0. The van der Waals surface area contributed by atoms with Gasteiger partial charge in [-0.3, -0.25) is 10.1 Å². The first-order chi connectivity index (χ1) is 11.6. The second-order valence-corrected chi connectivity index (χ2v) is 6.29. The summed E-state index contributed by atoms with van der Waals surface area (Å²) in [5.74, 6) is -2.21. The van der Waals surface area contributed by atoms with Crippen LogP contribution in [0.1, 0.15) is 31.1 Å². The number of carbonyl (C=O) groups excluding carboxylic acids is 2. The molecule has 0 aromatic heterocycles. The number of hydrogen-bond donors (Lipinski definition) is 2. The van der Waals surface area contributed by atoms with Crippen LogP contribution in [-0.2, 0) is 4.74 Å². The first kappa shape index (κ1) is 18.4. The zero-order chi connectivity index (χ0) is 18.6. The lowest BCUT2D eigenvalue weighted by Gasteiger charge is -2.19. The molecule has 0 aliphatic rings. The fourth-order valence-electron chi connectivity index (χ4n) is 1.94. The Hall–Kier alpha value is -2.96. The number of ether oxygens (including phenoxy) is 1. The molecule has 2 aromatic rings. The summed E-state index contributed by atoms with van der Waals surface area (Å²) in [6.45, 7) is 5.19. The van der Waals surface area contributed by atoms with Crippen LogP contribution in [-0.4, -0.2) is 17.6 Å². The monoisotopic (exact) mass is 348 g/mol. The van der Waals surface area contributed by atoms with Gasteiger partial charge in [-0.15, -0.1) is 0 Å². The molecule has 0 aliphatic carbocycles. The maximum Gasteiger partial charge on any atom is 0.412 e. The lowest BCUT2D eigenvalue weighted by atomic mass is 10.1. The third-order valence-corrected chi connectivity index (χ3v) is 2.95. The Balaban J connectivity index is 2.09. The molecule has 0 saturated heterocycles. The molecule has 132 valence electrons. The van der Waals surface area contributed by atoms with Crippen molar-refractivity contribution in [1.29, 1.82) is 0 Å². The van der Waals surface area contributed by atoms with Gasteiger partial charge in [0, 0.05) is 17.3 Å². The molecule has 0 saturated carbocycles. The maximum absolute atomic E-state index is 13.6. The van der Waals surface area contributed by atoms with Crippen molar-refractivity contribution in [3.8, 4) is 0 Å². The summed E-state index contributed by atoms with van der Waals surface area (Å²) in [6, 6.07) is 8.90. The van der Waals surface area contributed by atoms with Crippen LogP contribution in [0, 0.1) is 11.6 Å². The highest BCUT2D eigenvalue weighted by Gasteiger charge is 2.17. The topological polar surface area (TPSA) is 67.4 Å². The second kappa shape index (κ2) is 7.29. The van der Waals surface area contributed by atoms with Gasteiger partial charge in [-0.1, -0.05) is 6.07 Å². The molecule has 2 rings (SSSR count). The van der Waals surface area contributed by atoms with Crippen molar-refractivity contribution in [2.75, 3.05) is 10.6 Å². The number of halogens is 2. The Morgan fingerprint density at radius 1 is 1.00 bits per heavy atom. The zero-order valence-corrected chi connectivity index (χ0v) is 14.0. The highest BCUT2D eigenvalue weighted by molar-refractivity contribution is 6.05. The highest BCUT2D eigenvalue weighted by Crippen LogP contribution is 2.18. The van der Waals surface area contributed by atoms with Gasteiger partial charge >= 0.3 is 6.09 Å². The molecule has 2 aromatic carbocycles. The second-order valence-electron chi connectivity index (χ2n) is 6.29. The number of rotatable bonds is 3. The molecule has 0 radical (unpaired) electrons. The first-order valence-corrected chi connectivity index (χ1v) is 7.50. The Morgan fingerprint density at radius 3 is 2.36 bits per heavy atom. The van der Waals surface area contributed by atoms with Crippen molar-refractivity contribution in [2.24, 2.45) is 0 Å². The Labute approximate surface area is 144 Å². The number of nitrogens with one attached hydrogen (secondary N) is 2. The molecule has 0 atom stereocenters. The molecule has 0 heterocycles. The summed E-state index contributed by atoms with van der Waals surface area (Å²) in [6.07, 6.45) is -0.658. The van der Waals surface area contributed by atoms with Crippen LogP contribution >= 0.6 is 0 Å². The van der Waals surface area contributed by atoms with E-state index in [0.29, 0.717) is 11.8 Å². The van der Waals surface area contributed by atoms with Crippen molar-refractivity contribution in [3.63, 3.8) is 0 Å². The molecule has 25 heavy (non-hydrogen) atoms. The number of amides is 2. The fourth-order valence-corrected chi connectivity index (χ4v) is 1.94. The first-order valence-electron chi connectivity index (χ1n) is 7.50. The lowest BCUT2D eigenvalue weighted by molar-refractivity contribution is 0.0635. The standard InChI is InChI=1S/C18H18F2N2O3/c1-18(2,3)25-17(24)21-13-6-4-5-11(9-13)16(23)22-15-8-7-12(19)10-14(15)20/h4-10H,1-3H3,(H,21,24)(H,22,23). The summed E-state index contributed by atoms with van der Waals surface area (Å²) >= 11 is 0. The average Bonchev–Trinajstić information content (AvgIpc) is 2.48. The van der Waals surface area contributed by atoms with E-state index < -0.39 is 29.2 Å². The van der Waals surface area contributed by atoms with Crippen LogP contribution in [0.25, 0.3) is 0 Å². The minimum Gasteiger partial charge on any atom is -0.444 e. The molecule has 2 N–H and O–H groups in total. The van der Waals surface area contributed by atoms with Crippen molar-refractivity contribution in [3.05, 3.63) is 59.7 Å². The molecule has 0 unspecified atom stereocenters. The van der Waals surface area contributed by atoms with Gasteiger partial charge in [0.05, 0.1) is 5.69 Å². The number of hydrogen-bond acceptors (Lipinski definition) is 3. The SMILES string of the molecule is CC(C)(C)OC(=O)Nc1cccc(C(=O)Nc2ccc(F)cc2F)c1. The van der Waals surface area contributed by atoms with Gasteiger partial charge in [-0.25, -0.2) is 13.6 Å². The summed E-state index contributed by atoms with van der Waals surface area (Å²) in [7, 11) is 0. The van der Waals surface area contributed by atoms with Gasteiger partial charge in [-0.2, -0.15) is 0 Å². The molecule has 0 aliphatic heterocycles. The van der Waals surface area contributed by atoms with E-state index in [9.17, 15) is 18.4 Å². The minimum absolute atomic E-state index is 0.142. The van der Waals surface area contributed by atoms with Gasteiger partial charge in [0.2, 0.25) is 0 Å². The summed E-state index contributed by atoms with van der Waals surface area (Å²) in [5, 5.41) is 4.86. The Bertz CT molecular complexity index is 801. The van der Waals surface area contributed by atoms with E-state index >= 15 is 0 Å². The van der Waals surface area contributed by atoms with E-state index in [0.717, 1.165) is 12.1 Å². The fraction of sp³-hybridized carbons (Fsp3) is 0.222. The quantitative estimate of drug-likeness (QED) is 0.854. The van der Waals surface area contributed by atoms with Crippen LogP contribution in [0.5, 0.6) is 0 Å². The van der Waals surface area contributed by atoms with Crippen molar-refractivity contribution >= 4 is 23.4 Å². The van der Waals surface area contributed by atoms with Crippen molar-refractivity contribution < 1.29 is 23.1 Å². The molecule has 2 amide bonds. The van der Waals surface area contributed by atoms with Gasteiger partial charge in [0.1, 0.15) is 17.2 Å². The van der Waals surface area contributed by atoms with Crippen molar-refractivity contribution in [1.82, 2.24) is 0 Å². The van der Waals surface area contributed by atoms with Gasteiger partial charge in [0.25, 0.3) is 5.91 Å². The Morgan fingerprint density at radius 2 is 1.72 bits per heavy atom. The zero-order valence-electron chi connectivity index (χ0n) is 14.0. The molecule has 0 spiro atoms. The normalized spacial score (nSPS) is 10.9. The number of anilines is 2. The van der Waals surface area contributed by atoms with E-state index in [1.54, 1.807) is 32.9 Å². The van der Waals surface area contributed by atoms with E-state index in [4.69, 9.17) is 4.74 Å². The van der Waals surface area contributed by atoms with Gasteiger partial charge in [-0.05, 0) is 51.1 Å². The Kier molecular flexibility index (Phi) is 5.36. The van der Waals surface area contributed by atoms with Gasteiger partial charge < -0.3 is 10.1 Å². The van der Waals surface area contributed by atoms with Gasteiger partial charge in [0.15, 0.2) is 0 Å². The van der Waals surface area contributed by atoms with Crippen LogP contribution in [0.4, 0.5) is 25.0 Å². The highest BCUT2D eigenvalue weighted by atomic mass is 19.1. The van der Waals surface area contributed by atoms with Crippen LogP contribution in [0.2, 0.25) is 0 Å². The van der Waals surface area contributed by atoms with E-state index in [1.807, 2.05) is 0 Å². The predicted octanol–water partition coefficient (Wildman–Crippen LogP) is 4.56. The van der Waals surface area contributed by atoms with Crippen molar-refractivity contribution in [2.45, 2.75) is 26.4 Å². The summed E-state index contributed by atoms with van der Waals surface area (Å²) < 4.78 is 31.6. The molecule has 0 fully saturated rings. The predicted molar refractivity (Wildman–Crippen MR) is 90.6 cm³/mol. The van der Waals surface area contributed by atoms with Crippen LogP contribution in [0.15, 0.2) is 42.5 Å². The molecule has 7 heteroatoms. The smallest absolute Gasteiger partial charge is 0.412 e. The van der Waals surface area contributed by atoms with E-state index in [1.165, 1.54) is 12.1 Å². The largest absolute Gasteiger partial charge is 0.444 e. The average molecular weight is 348 g/mol. The molecular weight excluding hydrogens is 330 g/mol. The third kappa shape index (κ3) is 5.56. The van der Waals surface area contributed by atoms with Crippen LogP contribution < -0.4 is 10.6 Å². The summed E-state index contributed by atoms with van der Waals surface area (Å²) in [5.41, 5.74) is -0.255. The number of benzene rings is 2. The van der Waals surface area contributed by atoms with Crippen LogP contribution in [0.3, 0.4) is 0 Å². The number of carbonyl (C=O) groups is 2. The third-order valence-electron chi connectivity index (χ3n) is 2.95. The molecule has 0 bridgehead atoms. The lowest BCUT2D eigenvalue weighted by Crippen LogP contribution is -2.27.